The minimum Gasteiger partial charge on any atom is -0.437 e. The van der Waals surface area contributed by atoms with Crippen LogP contribution >= 0.6 is 0 Å². The Morgan fingerprint density at radius 3 is 2.46 bits per heavy atom. The Morgan fingerprint density at radius 1 is 1.23 bits per heavy atom. The first-order chi connectivity index (χ1) is 12.4. The molecule has 3 rings (SSSR count). The predicted molar refractivity (Wildman–Crippen MR) is 108 cm³/mol. The number of carbonyl (C=O) groups excluding carboxylic acids is 1. The van der Waals surface area contributed by atoms with Crippen molar-refractivity contribution in [3.63, 3.8) is 0 Å². The molecule has 0 radical (unpaired) electrons. The van der Waals surface area contributed by atoms with E-state index in [1.807, 2.05) is 42.2 Å². The van der Waals surface area contributed by atoms with Crippen LogP contribution in [-0.2, 0) is 10.3 Å². The van der Waals surface area contributed by atoms with Gasteiger partial charge in [-0.05, 0) is 25.0 Å². The molecular weight excluding hydrogens is 321 g/mol. The maximum absolute atomic E-state index is 12.9. The third-order valence-corrected chi connectivity index (χ3v) is 5.19. The molecule has 0 bridgehead atoms. The number of amides is 1. The lowest BCUT2D eigenvalue weighted by atomic mass is 9.83. The molecule has 2 atom stereocenters. The highest BCUT2D eigenvalue weighted by molar-refractivity contribution is 6.32. The number of benzene rings is 2. The number of hydrogen-bond donors (Lipinski definition) is 0. The number of rotatable bonds is 5. The van der Waals surface area contributed by atoms with Crippen LogP contribution in [0.25, 0.3) is 0 Å². The van der Waals surface area contributed by atoms with Crippen molar-refractivity contribution in [3.05, 3.63) is 77.9 Å². The Morgan fingerprint density at radius 2 is 1.88 bits per heavy atom. The summed E-state index contributed by atoms with van der Waals surface area (Å²) >= 11 is 0. The molecule has 0 N–H and O–H groups in total. The molecule has 1 aliphatic heterocycles. The van der Waals surface area contributed by atoms with Gasteiger partial charge in [0.05, 0.1) is 6.04 Å². The minimum atomic E-state index is -0.617. The number of cyclic esters (lactones) is 1. The molecular formula is C22H26BNO2. The normalized spacial score (nSPS) is 21.2. The quantitative estimate of drug-likeness (QED) is 0.610. The fraction of sp³-hybridized carbons (Fsp3) is 0.318. The summed E-state index contributed by atoms with van der Waals surface area (Å²) in [5.74, 6) is 0. The van der Waals surface area contributed by atoms with Gasteiger partial charge in [0.1, 0.15) is 13.4 Å². The van der Waals surface area contributed by atoms with Gasteiger partial charge in [-0.1, -0.05) is 72.2 Å². The second-order valence-electron chi connectivity index (χ2n) is 7.39. The summed E-state index contributed by atoms with van der Waals surface area (Å²) in [6.45, 7) is 8.75. The summed E-state index contributed by atoms with van der Waals surface area (Å²) in [6, 6.07) is 18.4. The van der Waals surface area contributed by atoms with E-state index in [2.05, 4.69) is 45.6 Å². The van der Waals surface area contributed by atoms with Crippen LogP contribution < -0.4 is 5.46 Å². The fourth-order valence-corrected chi connectivity index (χ4v) is 3.70. The van der Waals surface area contributed by atoms with Crippen molar-refractivity contribution in [2.75, 3.05) is 6.54 Å². The third-order valence-electron chi connectivity index (χ3n) is 5.19. The van der Waals surface area contributed by atoms with Crippen molar-refractivity contribution in [2.24, 2.45) is 0 Å². The number of carbonyl (C=O) groups is 1. The van der Waals surface area contributed by atoms with Crippen LogP contribution in [0.3, 0.4) is 0 Å². The first kappa shape index (κ1) is 18.3. The molecule has 1 heterocycles. The Bertz CT molecular complexity index is 788. The lowest BCUT2D eigenvalue weighted by molar-refractivity contribution is -0.0602. The van der Waals surface area contributed by atoms with Crippen molar-refractivity contribution in [2.45, 2.75) is 38.3 Å². The van der Waals surface area contributed by atoms with Gasteiger partial charge in [-0.3, -0.25) is 0 Å². The summed E-state index contributed by atoms with van der Waals surface area (Å²) in [5.41, 5.74) is 3.78. The summed E-state index contributed by atoms with van der Waals surface area (Å²) in [7, 11) is 2.06. The standard InChI is InChI=1S/C22H26BNO2/c1-16(2)15-22(19-7-5-4-6-8-19)13-14-24(21(25)26-22)17(3)18-9-11-20(23)12-10-18/h4-12,17H,1,13-15,23H2,2-3H3/t17-,22+/m0/s1. The fourth-order valence-electron chi connectivity index (χ4n) is 3.70. The summed E-state index contributed by atoms with van der Waals surface area (Å²) in [4.78, 5) is 14.7. The molecule has 1 fully saturated rings. The highest BCUT2D eigenvalue weighted by Crippen LogP contribution is 2.40. The van der Waals surface area contributed by atoms with Gasteiger partial charge in [0.15, 0.2) is 0 Å². The van der Waals surface area contributed by atoms with Gasteiger partial charge in [-0.25, -0.2) is 4.79 Å². The molecule has 0 spiro atoms. The van der Waals surface area contributed by atoms with E-state index in [1.54, 1.807) is 0 Å². The average Bonchev–Trinajstić information content (AvgIpc) is 2.62. The van der Waals surface area contributed by atoms with Gasteiger partial charge in [0, 0.05) is 19.4 Å². The van der Waals surface area contributed by atoms with Gasteiger partial charge < -0.3 is 9.64 Å². The van der Waals surface area contributed by atoms with Gasteiger partial charge in [0.2, 0.25) is 0 Å². The zero-order valence-corrected chi connectivity index (χ0v) is 15.9. The molecule has 0 aromatic heterocycles. The first-order valence-corrected chi connectivity index (χ1v) is 9.17. The van der Waals surface area contributed by atoms with Crippen molar-refractivity contribution in [3.8, 4) is 0 Å². The molecule has 3 nitrogen and oxygen atoms in total. The van der Waals surface area contributed by atoms with Gasteiger partial charge in [-0.15, -0.1) is 0 Å². The van der Waals surface area contributed by atoms with E-state index < -0.39 is 5.60 Å². The molecule has 4 heteroatoms. The average molecular weight is 347 g/mol. The SMILES string of the molecule is Bc1ccc([C@H](C)N2CC[C@@](CC(=C)C)(c3ccccc3)OC2=O)cc1. The molecule has 2 aromatic rings. The summed E-state index contributed by atoms with van der Waals surface area (Å²) in [5, 5.41) is 0. The lowest BCUT2D eigenvalue weighted by Crippen LogP contribution is -2.48. The highest BCUT2D eigenvalue weighted by Gasteiger charge is 2.43. The van der Waals surface area contributed by atoms with E-state index in [-0.39, 0.29) is 12.1 Å². The van der Waals surface area contributed by atoms with Gasteiger partial charge >= 0.3 is 6.09 Å². The van der Waals surface area contributed by atoms with Crippen molar-refractivity contribution >= 4 is 19.4 Å². The van der Waals surface area contributed by atoms with Crippen LogP contribution in [0.5, 0.6) is 0 Å². The Labute approximate surface area is 157 Å². The molecule has 1 amide bonds. The second-order valence-corrected chi connectivity index (χ2v) is 7.39. The Kier molecular flexibility index (Phi) is 5.22. The third kappa shape index (κ3) is 3.69. The minimum absolute atomic E-state index is 0.0123. The van der Waals surface area contributed by atoms with E-state index in [1.165, 1.54) is 5.46 Å². The molecule has 2 aromatic carbocycles. The number of hydrogen-bond acceptors (Lipinski definition) is 2. The van der Waals surface area contributed by atoms with Gasteiger partial charge in [-0.2, -0.15) is 0 Å². The van der Waals surface area contributed by atoms with E-state index in [9.17, 15) is 4.79 Å². The van der Waals surface area contributed by atoms with E-state index in [0.717, 1.165) is 23.1 Å². The van der Waals surface area contributed by atoms with Crippen LogP contribution in [0.1, 0.15) is 43.9 Å². The predicted octanol–water partition coefficient (Wildman–Crippen LogP) is 3.71. The van der Waals surface area contributed by atoms with E-state index in [4.69, 9.17) is 4.74 Å². The molecule has 0 unspecified atom stereocenters. The Balaban J connectivity index is 1.84. The smallest absolute Gasteiger partial charge is 0.411 e. The molecule has 1 saturated heterocycles. The van der Waals surface area contributed by atoms with Crippen LogP contribution in [0.2, 0.25) is 0 Å². The van der Waals surface area contributed by atoms with Crippen LogP contribution in [0, 0.1) is 0 Å². The van der Waals surface area contributed by atoms with E-state index >= 15 is 0 Å². The van der Waals surface area contributed by atoms with Crippen LogP contribution in [-0.4, -0.2) is 25.4 Å². The van der Waals surface area contributed by atoms with E-state index in [0.29, 0.717) is 13.0 Å². The highest BCUT2D eigenvalue weighted by atomic mass is 16.6. The largest absolute Gasteiger partial charge is 0.437 e. The van der Waals surface area contributed by atoms with Crippen molar-refractivity contribution in [1.29, 1.82) is 0 Å². The lowest BCUT2D eigenvalue weighted by Gasteiger charge is -2.43. The monoisotopic (exact) mass is 347 g/mol. The van der Waals surface area contributed by atoms with Crippen molar-refractivity contribution < 1.29 is 9.53 Å². The van der Waals surface area contributed by atoms with Gasteiger partial charge in [0.25, 0.3) is 0 Å². The van der Waals surface area contributed by atoms with Crippen molar-refractivity contribution in [1.82, 2.24) is 4.90 Å². The second kappa shape index (κ2) is 7.41. The molecule has 0 saturated carbocycles. The zero-order chi connectivity index (χ0) is 18.7. The molecule has 26 heavy (non-hydrogen) atoms. The first-order valence-electron chi connectivity index (χ1n) is 9.17. The zero-order valence-electron chi connectivity index (χ0n) is 15.9. The summed E-state index contributed by atoms with van der Waals surface area (Å²) < 4.78 is 6.08. The van der Waals surface area contributed by atoms with Crippen LogP contribution in [0.4, 0.5) is 4.79 Å². The Hall–Kier alpha value is -2.49. The number of ether oxygens (including phenoxy) is 1. The molecule has 1 aliphatic rings. The molecule has 0 aliphatic carbocycles. The topological polar surface area (TPSA) is 29.5 Å². The maximum Gasteiger partial charge on any atom is 0.411 e. The number of nitrogens with zero attached hydrogens (tertiary/aromatic N) is 1. The summed E-state index contributed by atoms with van der Waals surface area (Å²) in [6.07, 6.45) is 1.15. The molecule has 134 valence electrons. The van der Waals surface area contributed by atoms with Crippen LogP contribution in [0.15, 0.2) is 66.7 Å². The maximum atomic E-state index is 12.9.